The molecular formula is C21H31N5S. The van der Waals surface area contributed by atoms with Crippen molar-refractivity contribution in [3.05, 3.63) is 52.8 Å². The van der Waals surface area contributed by atoms with Crippen LogP contribution in [-0.2, 0) is 13.1 Å². The van der Waals surface area contributed by atoms with Gasteiger partial charge in [-0.2, -0.15) is 16.9 Å². The van der Waals surface area contributed by atoms with Crippen molar-refractivity contribution in [1.29, 1.82) is 0 Å². The van der Waals surface area contributed by atoms with Gasteiger partial charge in [0.25, 0.3) is 0 Å². The summed E-state index contributed by atoms with van der Waals surface area (Å²) in [7, 11) is 1.83. The first kappa shape index (κ1) is 19.8. The number of rotatable bonds is 6. The summed E-state index contributed by atoms with van der Waals surface area (Å²) in [6.07, 6.45) is 2.58. The molecule has 1 aliphatic rings. The quantitative estimate of drug-likeness (QED) is 0.590. The molecule has 6 heteroatoms. The average Bonchev–Trinajstić information content (AvgIpc) is 3.21. The molecule has 1 aromatic carbocycles. The summed E-state index contributed by atoms with van der Waals surface area (Å²) in [6.45, 7) is 9.05. The van der Waals surface area contributed by atoms with Crippen LogP contribution in [0.15, 0.2) is 35.3 Å². The van der Waals surface area contributed by atoms with E-state index in [0.29, 0.717) is 4.75 Å². The minimum Gasteiger partial charge on any atom is -0.355 e. The van der Waals surface area contributed by atoms with E-state index in [1.807, 2.05) is 13.1 Å². The Kier molecular flexibility index (Phi) is 6.47. The summed E-state index contributed by atoms with van der Waals surface area (Å²) < 4.78 is 2.41. The van der Waals surface area contributed by atoms with Crippen molar-refractivity contribution < 1.29 is 0 Å². The van der Waals surface area contributed by atoms with Gasteiger partial charge in [-0.15, -0.1) is 0 Å². The van der Waals surface area contributed by atoms with Crippen LogP contribution in [0.4, 0.5) is 0 Å². The van der Waals surface area contributed by atoms with Gasteiger partial charge in [0.2, 0.25) is 0 Å². The summed E-state index contributed by atoms with van der Waals surface area (Å²) in [5, 5.41) is 11.7. The monoisotopic (exact) mass is 385 g/mol. The Morgan fingerprint density at radius 2 is 2.04 bits per heavy atom. The van der Waals surface area contributed by atoms with E-state index in [4.69, 9.17) is 5.10 Å². The lowest BCUT2D eigenvalue weighted by Crippen LogP contribution is -2.43. The van der Waals surface area contributed by atoms with Crippen molar-refractivity contribution in [2.45, 2.75) is 51.4 Å². The molecule has 1 fully saturated rings. The zero-order chi connectivity index (χ0) is 19.3. The van der Waals surface area contributed by atoms with Crippen molar-refractivity contribution in [2.75, 3.05) is 19.3 Å². The zero-order valence-corrected chi connectivity index (χ0v) is 17.7. The van der Waals surface area contributed by atoms with E-state index in [9.17, 15) is 0 Å². The van der Waals surface area contributed by atoms with Gasteiger partial charge in [-0.3, -0.25) is 9.67 Å². The Bertz CT molecular complexity index is 775. The third-order valence-electron chi connectivity index (χ3n) is 5.29. The van der Waals surface area contributed by atoms with Crippen molar-refractivity contribution in [1.82, 2.24) is 20.4 Å². The first-order valence-electron chi connectivity index (χ1n) is 9.66. The number of aryl methyl sites for hydroxylation is 1. The van der Waals surface area contributed by atoms with Gasteiger partial charge >= 0.3 is 0 Å². The summed E-state index contributed by atoms with van der Waals surface area (Å²) in [6, 6.07) is 10.5. The standard InChI is InChI=1S/C21H31N5S/c1-16-19(17(2)26(25-16)14-18-9-6-5-7-10-18)13-23-20(22-4)24-15-21(3)11-8-12-27-21/h5-7,9-10H,8,11-15H2,1-4H3,(H2,22,23,24). The number of hydrogen-bond acceptors (Lipinski definition) is 3. The molecule has 2 aromatic rings. The highest BCUT2D eigenvalue weighted by molar-refractivity contribution is 8.00. The number of guanidine groups is 1. The number of hydrogen-bond donors (Lipinski definition) is 2. The lowest BCUT2D eigenvalue weighted by Gasteiger charge is -2.24. The Balaban J connectivity index is 1.59. The molecule has 0 amide bonds. The predicted octanol–water partition coefficient (Wildman–Crippen LogP) is 3.50. The van der Waals surface area contributed by atoms with Crippen LogP contribution in [0.25, 0.3) is 0 Å². The minimum absolute atomic E-state index is 0.323. The van der Waals surface area contributed by atoms with Gasteiger partial charge in [-0.25, -0.2) is 0 Å². The summed E-state index contributed by atoms with van der Waals surface area (Å²) in [5.41, 5.74) is 4.79. The highest BCUT2D eigenvalue weighted by atomic mass is 32.2. The molecule has 2 N–H and O–H groups in total. The van der Waals surface area contributed by atoms with Gasteiger partial charge in [-0.1, -0.05) is 30.3 Å². The van der Waals surface area contributed by atoms with Crippen molar-refractivity contribution >= 4 is 17.7 Å². The van der Waals surface area contributed by atoms with Gasteiger partial charge in [0, 0.05) is 36.1 Å². The van der Waals surface area contributed by atoms with Crippen LogP contribution >= 0.6 is 11.8 Å². The summed E-state index contributed by atoms with van der Waals surface area (Å²) >= 11 is 2.06. The molecule has 146 valence electrons. The van der Waals surface area contributed by atoms with Crippen LogP contribution in [0, 0.1) is 13.8 Å². The number of benzene rings is 1. The number of nitrogens with zero attached hydrogens (tertiary/aromatic N) is 3. The molecule has 1 unspecified atom stereocenters. The predicted molar refractivity (Wildman–Crippen MR) is 116 cm³/mol. The van der Waals surface area contributed by atoms with E-state index >= 15 is 0 Å². The Morgan fingerprint density at radius 1 is 1.26 bits per heavy atom. The molecule has 0 saturated carbocycles. The number of aromatic nitrogens is 2. The van der Waals surface area contributed by atoms with Gasteiger partial charge in [0.1, 0.15) is 0 Å². The smallest absolute Gasteiger partial charge is 0.191 e. The topological polar surface area (TPSA) is 54.2 Å². The van der Waals surface area contributed by atoms with Crippen molar-refractivity contribution in [2.24, 2.45) is 4.99 Å². The van der Waals surface area contributed by atoms with Crippen LogP contribution in [0.1, 0.15) is 42.3 Å². The Hall–Kier alpha value is -1.95. The Labute approximate surface area is 167 Å². The van der Waals surface area contributed by atoms with E-state index in [0.717, 1.165) is 31.3 Å². The number of thioether (sulfide) groups is 1. The molecule has 3 rings (SSSR count). The maximum Gasteiger partial charge on any atom is 0.191 e. The number of nitrogens with one attached hydrogen (secondary N) is 2. The molecule has 0 bridgehead atoms. The van der Waals surface area contributed by atoms with Crippen molar-refractivity contribution in [3.8, 4) is 0 Å². The van der Waals surface area contributed by atoms with E-state index in [-0.39, 0.29) is 0 Å². The average molecular weight is 386 g/mol. The zero-order valence-electron chi connectivity index (χ0n) is 16.9. The van der Waals surface area contributed by atoms with E-state index in [2.05, 4.69) is 77.1 Å². The lowest BCUT2D eigenvalue weighted by atomic mass is 10.1. The lowest BCUT2D eigenvalue weighted by molar-refractivity contribution is 0.584. The van der Waals surface area contributed by atoms with Gasteiger partial charge in [0.05, 0.1) is 12.2 Å². The third kappa shape index (κ3) is 5.06. The molecule has 1 atom stereocenters. The molecule has 2 heterocycles. The fraction of sp³-hybridized carbons (Fsp3) is 0.524. The van der Waals surface area contributed by atoms with Crippen LogP contribution in [0.3, 0.4) is 0 Å². The molecule has 0 spiro atoms. The third-order valence-corrected chi connectivity index (χ3v) is 6.83. The minimum atomic E-state index is 0.323. The maximum atomic E-state index is 4.74. The fourth-order valence-corrected chi connectivity index (χ4v) is 4.78. The molecule has 1 saturated heterocycles. The van der Waals surface area contributed by atoms with Gasteiger partial charge in [-0.05, 0) is 44.9 Å². The largest absolute Gasteiger partial charge is 0.355 e. The highest BCUT2D eigenvalue weighted by Crippen LogP contribution is 2.36. The summed E-state index contributed by atoms with van der Waals surface area (Å²) in [4.78, 5) is 4.39. The normalized spacial score (nSPS) is 20.1. The second kappa shape index (κ2) is 8.83. The number of aliphatic imine (C=N–C) groups is 1. The van der Waals surface area contributed by atoms with Crippen molar-refractivity contribution in [3.63, 3.8) is 0 Å². The first-order valence-corrected chi connectivity index (χ1v) is 10.6. The van der Waals surface area contributed by atoms with Crippen LogP contribution in [-0.4, -0.2) is 39.8 Å². The molecule has 27 heavy (non-hydrogen) atoms. The molecule has 5 nitrogen and oxygen atoms in total. The van der Waals surface area contributed by atoms with E-state index in [1.54, 1.807) is 0 Å². The van der Waals surface area contributed by atoms with Gasteiger partial charge in [0.15, 0.2) is 5.96 Å². The van der Waals surface area contributed by atoms with E-state index < -0.39 is 0 Å². The molecular weight excluding hydrogens is 354 g/mol. The summed E-state index contributed by atoms with van der Waals surface area (Å²) in [5.74, 6) is 2.13. The molecule has 0 radical (unpaired) electrons. The highest BCUT2D eigenvalue weighted by Gasteiger charge is 2.29. The van der Waals surface area contributed by atoms with E-state index in [1.165, 1.54) is 35.4 Å². The first-order chi connectivity index (χ1) is 13.0. The second-order valence-electron chi connectivity index (χ2n) is 7.47. The van der Waals surface area contributed by atoms with Crippen LogP contribution in [0.2, 0.25) is 0 Å². The second-order valence-corrected chi connectivity index (χ2v) is 9.16. The SMILES string of the molecule is CN=C(NCc1c(C)nn(Cc2ccccc2)c1C)NCC1(C)CCCS1. The van der Waals surface area contributed by atoms with Crippen LogP contribution < -0.4 is 10.6 Å². The molecule has 1 aromatic heterocycles. The fourth-order valence-electron chi connectivity index (χ4n) is 3.54. The maximum absolute atomic E-state index is 4.74. The Morgan fingerprint density at radius 3 is 2.70 bits per heavy atom. The molecule has 1 aliphatic heterocycles. The van der Waals surface area contributed by atoms with Gasteiger partial charge < -0.3 is 10.6 Å². The molecule has 0 aliphatic carbocycles. The van der Waals surface area contributed by atoms with Crippen LogP contribution in [0.5, 0.6) is 0 Å².